The second-order valence-corrected chi connectivity index (χ2v) is 2.80. The van der Waals surface area contributed by atoms with Crippen molar-refractivity contribution in [3.8, 4) is 0 Å². The molecule has 0 saturated carbocycles. The minimum Gasteiger partial charge on any atom is -0.455 e. The Bertz CT molecular complexity index is 215. The molecule has 0 bridgehead atoms. The molecule has 0 rings (SSSR count). The maximum Gasteiger partial charge on any atom is 0.333 e. The lowest BCUT2D eigenvalue weighted by Gasteiger charge is -2.08. The Balaban J connectivity index is 4.02. The number of rotatable bonds is 3. The van der Waals surface area contributed by atoms with Crippen LogP contribution in [0.25, 0.3) is 0 Å². The maximum absolute atomic E-state index is 10.9. The second kappa shape index (κ2) is 4.59. The molecule has 2 N–H and O–H groups in total. The lowest BCUT2D eigenvalue weighted by molar-refractivity contribution is -0.141. The van der Waals surface area contributed by atoms with Gasteiger partial charge in [0.05, 0.1) is 0 Å². The highest BCUT2D eigenvalue weighted by atomic mass is 16.5. The van der Waals surface area contributed by atoms with Crippen molar-refractivity contribution >= 4 is 5.97 Å². The van der Waals surface area contributed by atoms with Crippen LogP contribution >= 0.6 is 0 Å². The van der Waals surface area contributed by atoms with Gasteiger partial charge in [-0.1, -0.05) is 6.58 Å². The Morgan fingerprint density at radius 1 is 1.58 bits per heavy atom. The molecule has 0 aromatic rings. The molecule has 0 aliphatic rings. The van der Waals surface area contributed by atoms with Gasteiger partial charge < -0.3 is 10.5 Å². The Hall–Kier alpha value is -1.25. The largest absolute Gasteiger partial charge is 0.455 e. The van der Waals surface area contributed by atoms with Crippen molar-refractivity contribution < 1.29 is 9.53 Å². The van der Waals surface area contributed by atoms with E-state index in [2.05, 4.69) is 6.58 Å². The van der Waals surface area contributed by atoms with Gasteiger partial charge in [0.15, 0.2) is 0 Å². The minimum atomic E-state index is -0.389. The summed E-state index contributed by atoms with van der Waals surface area (Å²) in [5.41, 5.74) is 6.42. The molecular weight excluding hydrogens is 154 g/mol. The summed E-state index contributed by atoms with van der Waals surface area (Å²) in [7, 11) is 0. The Kier molecular flexibility index (Phi) is 4.11. The highest BCUT2D eigenvalue weighted by Crippen LogP contribution is 2.00. The first kappa shape index (κ1) is 10.8. The Morgan fingerprint density at radius 2 is 2.08 bits per heavy atom. The molecule has 0 radical (unpaired) electrons. The summed E-state index contributed by atoms with van der Waals surface area (Å²) in [5.74, 6) is -0.389. The fraction of sp³-hybridized carbons (Fsp3) is 0.444. The van der Waals surface area contributed by atoms with Crippen LogP contribution in [0.4, 0.5) is 0 Å². The average molecular weight is 169 g/mol. The summed E-state index contributed by atoms with van der Waals surface area (Å²) >= 11 is 0. The second-order valence-electron chi connectivity index (χ2n) is 2.80. The van der Waals surface area contributed by atoms with Crippen LogP contribution in [0.5, 0.6) is 0 Å². The van der Waals surface area contributed by atoms with Crippen molar-refractivity contribution in [1.82, 2.24) is 0 Å². The summed E-state index contributed by atoms with van der Waals surface area (Å²) in [6.45, 7) is 8.55. The first-order valence-corrected chi connectivity index (χ1v) is 3.74. The maximum atomic E-state index is 10.9. The van der Waals surface area contributed by atoms with Crippen LogP contribution in [-0.4, -0.2) is 12.1 Å². The SMILES string of the molecule is C=C(C)C(=O)OC(C)C=C(C)N. The lowest BCUT2D eigenvalue weighted by atomic mass is 10.3. The van der Waals surface area contributed by atoms with E-state index in [0.29, 0.717) is 11.3 Å². The van der Waals surface area contributed by atoms with Gasteiger partial charge in [-0.2, -0.15) is 0 Å². The minimum absolute atomic E-state index is 0.292. The van der Waals surface area contributed by atoms with Gasteiger partial charge in [-0.25, -0.2) is 4.79 Å². The quantitative estimate of drug-likeness (QED) is 0.512. The predicted octanol–water partition coefficient (Wildman–Crippen LogP) is 1.36. The smallest absolute Gasteiger partial charge is 0.333 e. The van der Waals surface area contributed by atoms with Crippen molar-refractivity contribution in [2.45, 2.75) is 26.9 Å². The lowest BCUT2D eigenvalue weighted by Crippen LogP contribution is -2.14. The van der Waals surface area contributed by atoms with E-state index in [4.69, 9.17) is 10.5 Å². The highest BCUT2D eigenvalue weighted by molar-refractivity contribution is 5.87. The van der Waals surface area contributed by atoms with Crippen LogP contribution in [0.3, 0.4) is 0 Å². The van der Waals surface area contributed by atoms with E-state index in [9.17, 15) is 4.79 Å². The Labute approximate surface area is 72.9 Å². The van der Waals surface area contributed by atoms with Gasteiger partial charge in [-0.3, -0.25) is 0 Å². The molecular formula is C9H15NO2. The summed E-state index contributed by atoms with van der Waals surface area (Å²) < 4.78 is 4.93. The third kappa shape index (κ3) is 4.55. The van der Waals surface area contributed by atoms with Gasteiger partial charge >= 0.3 is 5.97 Å². The van der Waals surface area contributed by atoms with Gasteiger partial charge in [0.1, 0.15) is 6.10 Å². The van der Waals surface area contributed by atoms with Crippen LogP contribution in [-0.2, 0) is 9.53 Å². The molecule has 0 amide bonds. The van der Waals surface area contributed by atoms with Crippen LogP contribution < -0.4 is 5.73 Å². The van der Waals surface area contributed by atoms with Crippen molar-refractivity contribution in [2.75, 3.05) is 0 Å². The average Bonchev–Trinajstić information content (AvgIpc) is 1.84. The Morgan fingerprint density at radius 3 is 2.42 bits per heavy atom. The molecule has 0 saturated heterocycles. The van der Waals surface area contributed by atoms with Gasteiger partial charge in [0.2, 0.25) is 0 Å². The molecule has 0 aliphatic heterocycles. The zero-order chi connectivity index (χ0) is 9.72. The predicted molar refractivity (Wildman–Crippen MR) is 48.3 cm³/mol. The number of nitrogens with two attached hydrogens (primary N) is 1. The van der Waals surface area contributed by atoms with E-state index >= 15 is 0 Å². The molecule has 0 spiro atoms. The van der Waals surface area contributed by atoms with Crippen molar-refractivity contribution in [3.63, 3.8) is 0 Å². The fourth-order valence-corrected chi connectivity index (χ4v) is 0.674. The number of carbonyl (C=O) groups excluding carboxylic acids is 1. The van der Waals surface area contributed by atoms with Gasteiger partial charge in [-0.05, 0) is 26.8 Å². The summed E-state index contributed by atoms with van der Waals surface area (Å²) in [6.07, 6.45) is 1.38. The van der Waals surface area contributed by atoms with E-state index in [1.165, 1.54) is 0 Å². The molecule has 1 unspecified atom stereocenters. The third-order valence-corrected chi connectivity index (χ3v) is 1.14. The van der Waals surface area contributed by atoms with Crippen LogP contribution in [0.1, 0.15) is 20.8 Å². The monoisotopic (exact) mass is 169 g/mol. The molecule has 68 valence electrons. The molecule has 1 atom stereocenters. The fourth-order valence-electron chi connectivity index (χ4n) is 0.674. The molecule has 0 aromatic heterocycles. The van der Waals surface area contributed by atoms with E-state index in [1.54, 1.807) is 26.8 Å². The van der Waals surface area contributed by atoms with Crippen molar-refractivity contribution in [3.05, 3.63) is 23.9 Å². The van der Waals surface area contributed by atoms with Crippen LogP contribution in [0.2, 0.25) is 0 Å². The first-order chi connectivity index (χ1) is 5.43. The van der Waals surface area contributed by atoms with E-state index in [1.807, 2.05) is 0 Å². The number of esters is 1. The molecule has 3 nitrogen and oxygen atoms in total. The molecule has 0 aromatic carbocycles. The molecule has 12 heavy (non-hydrogen) atoms. The standard InChI is InChI=1S/C9H15NO2/c1-6(2)9(11)12-8(4)5-7(3)10/h5,8H,1,10H2,2-4H3. The van der Waals surface area contributed by atoms with Gasteiger partial charge in [0.25, 0.3) is 0 Å². The van der Waals surface area contributed by atoms with Crippen molar-refractivity contribution in [1.29, 1.82) is 0 Å². The van der Waals surface area contributed by atoms with Gasteiger partial charge in [0, 0.05) is 11.3 Å². The molecule has 3 heteroatoms. The number of hydrogen-bond acceptors (Lipinski definition) is 3. The van der Waals surface area contributed by atoms with E-state index in [0.717, 1.165) is 0 Å². The highest BCUT2D eigenvalue weighted by Gasteiger charge is 2.06. The van der Waals surface area contributed by atoms with Gasteiger partial charge in [-0.15, -0.1) is 0 Å². The van der Waals surface area contributed by atoms with Crippen LogP contribution in [0.15, 0.2) is 23.9 Å². The zero-order valence-corrected chi connectivity index (χ0v) is 7.76. The normalized spacial score (nSPS) is 13.8. The van der Waals surface area contributed by atoms with Crippen molar-refractivity contribution in [2.24, 2.45) is 5.73 Å². The topological polar surface area (TPSA) is 52.3 Å². The number of carbonyl (C=O) groups is 1. The first-order valence-electron chi connectivity index (χ1n) is 3.74. The number of ether oxygens (including phenoxy) is 1. The summed E-state index contributed by atoms with van der Waals surface area (Å²) in [6, 6.07) is 0. The van der Waals surface area contributed by atoms with E-state index < -0.39 is 0 Å². The number of allylic oxidation sites excluding steroid dienone is 1. The summed E-state index contributed by atoms with van der Waals surface area (Å²) in [5, 5.41) is 0. The third-order valence-electron chi connectivity index (χ3n) is 1.14. The molecule has 0 heterocycles. The van der Waals surface area contributed by atoms with E-state index in [-0.39, 0.29) is 12.1 Å². The molecule has 0 aliphatic carbocycles. The van der Waals surface area contributed by atoms with Crippen LogP contribution in [0, 0.1) is 0 Å². The number of hydrogen-bond donors (Lipinski definition) is 1. The zero-order valence-electron chi connectivity index (χ0n) is 7.76. The summed E-state index contributed by atoms with van der Waals surface area (Å²) in [4.78, 5) is 10.9. The molecule has 0 fully saturated rings.